The molecule has 1 saturated heterocycles. The van der Waals surface area contributed by atoms with Gasteiger partial charge in [-0.2, -0.15) is 0 Å². The molecule has 5 heteroatoms. The standard InChI is InChI=1S/C15H21FN2O2/c1-10-8-11(17)9-13(14(10)16)15(19)18-6-5-12-4-2-3-7-20-12/h8-9,12H,2-7,17H2,1H3,(H,18,19). The van der Waals surface area contributed by atoms with Gasteiger partial charge < -0.3 is 15.8 Å². The highest BCUT2D eigenvalue weighted by molar-refractivity contribution is 5.95. The molecule has 0 spiro atoms. The van der Waals surface area contributed by atoms with Crippen molar-refractivity contribution >= 4 is 11.6 Å². The number of ether oxygens (including phenoxy) is 1. The first kappa shape index (κ1) is 14.8. The minimum Gasteiger partial charge on any atom is -0.399 e. The lowest BCUT2D eigenvalue weighted by Gasteiger charge is -2.22. The monoisotopic (exact) mass is 280 g/mol. The fourth-order valence-electron chi connectivity index (χ4n) is 2.44. The van der Waals surface area contributed by atoms with E-state index < -0.39 is 11.7 Å². The van der Waals surface area contributed by atoms with E-state index in [9.17, 15) is 9.18 Å². The van der Waals surface area contributed by atoms with Crippen LogP contribution in [0.4, 0.5) is 10.1 Å². The lowest BCUT2D eigenvalue weighted by Crippen LogP contribution is -2.30. The van der Waals surface area contributed by atoms with E-state index in [1.165, 1.54) is 18.6 Å². The van der Waals surface area contributed by atoms with Crippen molar-refractivity contribution in [3.05, 3.63) is 29.1 Å². The van der Waals surface area contributed by atoms with Crippen molar-refractivity contribution in [2.45, 2.75) is 38.7 Å². The van der Waals surface area contributed by atoms with Crippen LogP contribution in [0.2, 0.25) is 0 Å². The summed E-state index contributed by atoms with van der Waals surface area (Å²) >= 11 is 0. The van der Waals surface area contributed by atoms with Crippen molar-refractivity contribution in [3.63, 3.8) is 0 Å². The highest BCUT2D eigenvalue weighted by atomic mass is 19.1. The number of rotatable bonds is 4. The van der Waals surface area contributed by atoms with E-state index in [0.717, 1.165) is 25.9 Å². The van der Waals surface area contributed by atoms with Crippen LogP contribution in [0.25, 0.3) is 0 Å². The van der Waals surface area contributed by atoms with Crippen LogP contribution < -0.4 is 11.1 Å². The molecule has 1 aliphatic rings. The molecule has 20 heavy (non-hydrogen) atoms. The SMILES string of the molecule is Cc1cc(N)cc(C(=O)NCCC2CCCCO2)c1F. The number of anilines is 1. The van der Waals surface area contributed by atoms with Gasteiger partial charge in [0.05, 0.1) is 11.7 Å². The number of halogens is 1. The fourth-order valence-corrected chi connectivity index (χ4v) is 2.44. The number of hydrogen-bond donors (Lipinski definition) is 2. The summed E-state index contributed by atoms with van der Waals surface area (Å²) in [6.07, 6.45) is 4.27. The number of amides is 1. The van der Waals surface area contributed by atoms with Crippen molar-refractivity contribution in [1.29, 1.82) is 0 Å². The van der Waals surface area contributed by atoms with Crippen LogP contribution in [0.5, 0.6) is 0 Å². The molecule has 1 aromatic carbocycles. The number of hydrogen-bond acceptors (Lipinski definition) is 3. The lowest BCUT2D eigenvalue weighted by atomic mass is 10.1. The summed E-state index contributed by atoms with van der Waals surface area (Å²) in [7, 11) is 0. The molecule has 0 aromatic heterocycles. The molecule has 3 N–H and O–H groups in total. The van der Waals surface area contributed by atoms with Gasteiger partial charge in [0.25, 0.3) is 5.91 Å². The Balaban J connectivity index is 1.88. The van der Waals surface area contributed by atoms with Crippen molar-refractivity contribution < 1.29 is 13.9 Å². The highest BCUT2D eigenvalue weighted by Gasteiger charge is 2.16. The lowest BCUT2D eigenvalue weighted by molar-refractivity contribution is 0.0117. The molecular formula is C15H21FN2O2. The molecular weight excluding hydrogens is 259 g/mol. The summed E-state index contributed by atoms with van der Waals surface area (Å²) < 4.78 is 19.5. The Morgan fingerprint density at radius 3 is 3.00 bits per heavy atom. The Kier molecular flexibility index (Phi) is 4.95. The molecule has 1 heterocycles. The minimum absolute atomic E-state index is 0.00654. The number of carbonyl (C=O) groups is 1. The molecule has 0 aliphatic carbocycles. The number of nitrogens with two attached hydrogens (primary N) is 1. The van der Waals surface area contributed by atoms with Crippen LogP contribution >= 0.6 is 0 Å². The predicted octanol–water partition coefficient (Wildman–Crippen LogP) is 2.41. The van der Waals surface area contributed by atoms with Gasteiger partial charge in [0.2, 0.25) is 0 Å². The van der Waals surface area contributed by atoms with Gasteiger partial charge in [-0.15, -0.1) is 0 Å². The van der Waals surface area contributed by atoms with Crippen LogP contribution in [0.15, 0.2) is 12.1 Å². The Morgan fingerprint density at radius 1 is 1.50 bits per heavy atom. The van der Waals surface area contributed by atoms with E-state index in [2.05, 4.69) is 5.32 Å². The molecule has 1 aliphatic heterocycles. The molecule has 1 fully saturated rings. The van der Waals surface area contributed by atoms with Gasteiger partial charge >= 0.3 is 0 Å². The van der Waals surface area contributed by atoms with Gasteiger partial charge in [0, 0.05) is 18.8 Å². The normalized spacial score (nSPS) is 18.8. The summed E-state index contributed by atoms with van der Waals surface area (Å²) in [6, 6.07) is 2.89. The summed E-state index contributed by atoms with van der Waals surface area (Å²) in [6.45, 7) is 2.87. The van der Waals surface area contributed by atoms with Gasteiger partial charge in [-0.05, 0) is 50.3 Å². The maximum absolute atomic E-state index is 13.9. The molecule has 0 saturated carbocycles. The zero-order chi connectivity index (χ0) is 14.5. The number of nitrogens with one attached hydrogen (secondary N) is 1. The van der Waals surface area contributed by atoms with Crippen LogP contribution in [0.3, 0.4) is 0 Å². The van der Waals surface area contributed by atoms with Crippen molar-refractivity contribution in [2.24, 2.45) is 0 Å². The first-order valence-corrected chi connectivity index (χ1v) is 7.03. The zero-order valence-corrected chi connectivity index (χ0v) is 11.7. The van der Waals surface area contributed by atoms with Gasteiger partial charge in [-0.3, -0.25) is 4.79 Å². The van der Waals surface area contributed by atoms with Gasteiger partial charge in [-0.25, -0.2) is 4.39 Å². The Morgan fingerprint density at radius 2 is 2.30 bits per heavy atom. The smallest absolute Gasteiger partial charge is 0.254 e. The van der Waals surface area contributed by atoms with E-state index in [1.54, 1.807) is 6.92 Å². The largest absolute Gasteiger partial charge is 0.399 e. The van der Waals surface area contributed by atoms with Crippen LogP contribution in [-0.4, -0.2) is 25.2 Å². The van der Waals surface area contributed by atoms with E-state index in [-0.39, 0.29) is 11.7 Å². The van der Waals surface area contributed by atoms with Gasteiger partial charge in [0.15, 0.2) is 0 Å². The molecule has 1 amide bonds. The molecule has 0 radical (unpaired) electrons. The average molecular weight is 280 g/mol. The zero-order valence-electron chi connectivity index (χ0n) is 11.7. The quantitative estimate of drug-likeness (QED) is 0.832. The van der Waals surface area contributed by atoms with Gasteiger partial charge in [0.1, 0.15) is 5.82 Å². The highest BCUT2D eigenvalue weighted by Crippen LogP contribution is 2.18. The summed E-state index contributed by atoms with van der Waals surface area (Å²) in [5, 5.41) is 2.73. The minimum atomic E-state index is -0.509. The summed E-state index contributed by atoms with van der Waals surface area (Å²) in [4.78, 5) is 12.0. The van der Waals surface area contributed by atoms with E-state index >= 15 is 0 Å². The van der Waals surface area contributed by atoms with Crippen molar-refractivity contribution in [1.82, 2.24) is 5.32 Å². The third-order valence-electron chi connectivity index (χ3n) is 3.55. The molecule has 2 rings (SSSR count). The number of aryl methyl sites for hydroxylation is 1. The summed E-state index contributed by atoms with van der Waals surface area (Å²) in [5.74, 6) is -0.931. The van der Waals surface area contributed by atoms with E-state index in [4.69, 9.17) is 10.5 Å². The van der Waals surface area contributed by atoms with Crippen molar-refractivity contribution in [2.75, 3.05) is 18.9 Å². The first-order chi connectivity index (χ1) is 9.58. The molecule has 0 bridgehead atoms. The number of benzene rings is 1. The third-order valence-corrected chi connectivity index (χ3v) is 3.55. The van der Waals surface area contributed by atoms with E-state index in [0.29, 0.717) is 17.8 Å². The topological polar surface area (TPSA) is 64.4 Å². The molecule has 1 atom stereocenters. The molecule has 4 nitrogen and oxygen atoms in total. The Hall–Kier alpha value is -1.62. The summed E-state index contributed by atoms with van der Waals surface area (Å²) in [5.41, 5.74) is 6.43. The van der Waals surface area contributed by atoms with E-state index in [1.807, 2.05) is 0 Å². The third kappa shape index (κ3) is 3.70. The second kappa shape index (κ2) is 6.70. The van der Waals surface area contributed by atoms with Gasteiger partial charge in [-0.1, -0.05) is 0 Å². The predicted molar refractivity (Wildman–Crippen MR) is 76.1 cm³/mol. The number of carbonyl (C=O) groups excluding carboxylic acids is 1. The molecule has 1 aromatic rings. The van der Waals surface area contributed by atoms with Crippen LogP contribution in [0.1, 0.15) is 41.6 Å². The maximum Gasteiger partial charge on any atom is 0.254 e. The first-order valence-electron chi connectivity index (χ1n) is 7.03. The Bertz CT molecular complexity index is 485. The second-order valence-electron chi connectivity index (χ2n) is 5.23. The van der Waals surface area contributed by atoms with Crippen molar-refractivity contribution in [3.8, 4) is 0 Å². The fraction of sp³-hybridized carbons (Fsp3) is 0.533. The van der Waals surface area contributed by atoms with Crippen LogP contribution in [-0.2, 0) is 4.74 Å². The average Bonchev–Trinajstić information content (AvgIpc) is 2.44. The molecule has 1 unspecified atom stereocenters. The maximum atomic E-state index is 13.9. The Labute approximate surface area is 118 Å². The van der Waals surface area contributed by atoms with Crippen LogP contribution in [0, 0.1) is 12.7 Å². The molecule has 110 valence electrons. The number of nitrogen functional groups attached to an aromatic ring is 1. The second-order valence-corrected chi connectivity index (χ2v) is 5.23.